The lowest BCUT2D eigenvalue weighted by Gasteiger charge is -2.35. The number of rotatable bonds is 4. The third kappa shape index (κ3) is 3.12. The van der Waals surface area contributed by atoms with Crippen molar-refractivity contribution in [3.63, 3.8) is 0 Å². The van der Waals surface area contributed by atoms with Gasteiger partial charge in [0.1, 0.15) is 12.2 Å². The molecule has 5 heteroatoms. The van der Waals surface area contributed by atoms with Crippen molar-refractivity contribution in [2.24, 2.45) is 0 Å². The van der Waals surface area contributed by atoms with Crippen LogP contribution in [0.25, 0.3) is 0 Å². The lowest BCUT2D eigenvalue weighted by Crippen LogP contribution is -2.40. The van der Waals surface area contributed by atoms with E-state index in [9.17, 15) is 0 Å². The van der Waals surface area contributed by atoms with Gasteiger partial charge in [-0.05, 0) is 33.7 Å². The molecule has 0 bridgehead atoms. The van der Waals surface area contributed by atoms with E-state index in [4.69, 9.17) is 0 Å². The third-order valence-electron chi connectivity index (χ3n) is 3.74. The van der Waals surface area contributed by atoms with Crippen LogP contribution in [0.5, 0.6) is 0 Å². The van der Waals surface area contributed by atoms with E-state index in [0.717, 1.165) is 12.4 Å². The van der Waals surface area contributed by atoms with Crippen molar-refractivity contribution in [1.82, 2.24) is 19.7 Å². The van der Waals surface area contributed by atoms with Crippen LogP contribution in [0.2, 0.25) is 0 Å². The number of hydrogen-bond acceptors (Lipinski definition) is 3. The minimum atomic E-state index is 0.377. The highest BCUT2D eigenvalue weighted by molar-refractivity contribution is 9.09. The molecule has 18 heavy (non-hydrogen) atoms. The second kappa shape index (κ2) is 6.15. The Balaban J connectivity index is 2.01. The monoisotopic (exact) mass is 314 g/mol. The molecular weight excluding hydrogens is 292 g/mol. The first-order chi connectivity index (χ1) is 8.59. The molecule has 0 aromatic carbocycles. The first-order valence-corrected chi connectivity index (χ1v) is 7.74. The zero-order valence-corrected chi connectivity index (χ0v) is 13.1. The van der Waals surface area contributed by atoms with Gasteiger partial charge in [-0.2, -0.15) is 5.10 Å². The summed E-state index contributed by atoms with van der Waals surface area (Å²) in [6.45, 7) is 5.17. The van der Waals surface area contributed by atoms with Gasteiger partial charge >= 0.3 is 0 Å². The average Bonchev–Trinajstić information content (AvgIpc) is 2.77. The molecular formula is C13H23BrN4. The summed E-state index contributed by atoms with van der Waals surface area (Å²) >= 11 is 3.82. The topological polar surface area (TPSA) is 34.0 Å². The zero-order valence-electron chi connectivity index (χ0n) is 11.5. The van der Waals surface area contributed by atoms with Crippen LogP contribution in [-0.2, 0) is 6.54 Å². The summed E-state index contributed by atoms with van der Waals surface area (Å²) in [5.41, 5.74) is 0. The van der Waals surface area contributed by atoms with E-state index < -0.39 is 0 Å². The van der Waals surface area contributed by atoms with Crippen LogP contribution in [0, 0.1) is 0 Å². The van der Waals surface area contributed by atoms with Gasteiger partial charge in [-0.1, -0.05) is 28.8 Å². The number of hydrogen-bond donors (Lipinski definition) is 0. The molecule has 0 saturated heterocycles. The van der Waals surface area contributed by atoms with Gasteiger partial charge in [0.25, 0.3) is 0 Å². The van der Waals surface area contributed by atoms with E-state index in [1.165, 1.54) is 25.7 Å². The van der Waals surface area contributed by atoms with Gasteiger partial charge in [0.05, 0.1) is 6.54 Å². The summed E-state index contributed by atoms with van der Waals surface area (Å²) in [4.78, 5) is 7.43. The molecule has 2 rings (SSSR count). The van der Waals surface area contributed by atoms with Crippen LogP contribution in [0.3, 0.4) is 0 Å². The molecule has 1 aliphatic carbocycles. The Bertz CT molecular complexity index is 377. The molecule has 0 amide bonds. The van der Waals surface area contributed by atoms with E-state index in [1.807, 2.05) is 4.68 Å². The van der Waals surface area contributed by atoms with Crippen molar-refractivity contribution in [2.75, 3.05) is 7.05 Å². The highest BCUT2D eigenvalue weighted by atomic mass is 79.9. The fraction of sp³-hybridized carbons (Fsp3) is 0.846. The van der Waals surface area contributed by atoms with E-state index in [-0.39, 0.29) is 0 Å². The predicted molar refractivity (Wildman–Crippen MR) is 76.8 cm³/mol. The maximum absolute atomic E-state index is 4.39. The zero-order chi connectivity index (χ0) is 13.1. The lowest BCUT2D eigenvalue weighted by atomic mass is 9.94. The SMILES string of the molecule is CC(C)n1ncnc1CN(C)C1CCCCC1Br. The van der Waals surface area contributed by atoms with Gasteiger partial charge < -0.3 is 0 Å². The standard InChI is InChI=1S/C13H23BrN4/c1-10(2)18-13(15-9-16-18)8-17(3)12-7-5-4-6-11(12)14/h9-12H,4-8H2,1-3H3. The van der Waals surface area contributed by atoms with E-state index in [2.05, 4.69) is 51.8 Å². The molecule has 0 spiro atoms. The quantitative estimate of drug-likeness (QED) is 0.801. The smallest absolute Gasteiger partial charge is 0.141 e. The van der Waals surface area contributed by atoms with Gasteiger partial charge in [0.2, 0.25) is 0 Å². The first kappa shape index (κ1) is 14.0. The van der Waals surface area contributed by atoms with Gasteiger partial charge in [-0.25, -0.2) is 9.67 Å². The highest BCUT2D eigenvalue weighted by Crippen LogP contribution is 2.28. The Morgan fingerprint density at radius 2 is 2.17 bits per heavy atom. The molecule has 0 N–H and O–H groups in total. The Kier molecular flexibility index (Phi) is 4.78. The summed E-state index contributed by atoms with van der Waals surface area (Å²) in [5.74, 6) is 1.07. The molecule has 1 aromatic rings. The third-order valence-corrected chi connectivity index (χ3v) is 4.81. The Hall–Kier alpha value is -0.420. The van der Waals surface area contributed by atoms with Crippen LogP contribution >= 0.6 is 15.9 Å². The second-order valence-corrected chi connectivity index (χ2v) is 6.67. The van der Waals surface area contributed by atoms with E-state index in [1.54, 1.807) is 6.33 Å². The van der Waals surface area contributed by atoms with Crippen molar-refractivity contribution in [3.8, 4) is 0 Å². The molecule has 2 unspecified atom stereocenters. The molecule has 102 valence electrons. The molecule has 1 fully saturated rings. The molecule has 1 aliphatic rings. The molecule has 1 heterocycles. The number of aromatic nitrogens is 3. The fourth-order valence-electron chi connectivity index (χ4n) is 2.72. The fourth-order valence-corrected chi connectivity index (χ4v) is 3.71. The van der Waals surface area contributed by atoms with Crippen molar-refractivity contribution >= 4 is 15.9 Å². The molecule has 1 saturated carbocycles. The van der Waals surface area contributed by atoms with Gasteiger partial charge in [-0.15, -0.1) is 0 Å². The molecule has 0 aliphatic heterocycles. The number of halogens is 1. The van der Waals surface area contributed by atoms with E-state index >= 15 is 0 Å². The Morgan fingerprint density at radius 3 is 2.83 bits per heavy atom. The predicted octanol–water partition coefficient (Wildman–Crippen LogP) is 3.00. The summed E-state index contributed by atoms with van der Waals surface area (Å²) in [7, 11) is 2.20. The van der Waals surface area contributed by atoms with Crippen molar-refractivity contribution in [1.29, 1.82) is 0 Å². The van der Waals surface area contributed by atoms with Crippen molar-refractivity contribution in [3.05, 3.63) is 12.2 Å². The minimum Gasteiger partial charge on any atom is -0.295 e. The van der Waals surface area contributed by atoms with Gasteiger partial charge in [0, 0.05) is 16.9 Å². The maximum Gasteiger partial charge on any atom is 0.141 e. The number of nitrogens with zero attached hydrogens (tertiary/aromatic N) is 4. The summed E-state index contributed by atoms with van der Waals surface area (Å²) in [6, 6.07) is 0.998. The summed E-state index contributed by atoms with van der Waals surface area (Å²) in [6.07, 6.45) is 6.92. The largest absolute Gasteiger partial charge is 0.295 e. The van der Waals surface area contributed by atoms with Gasteiger partial charge in [-0.3, -0.25) is 4.90 Å². The molecule has 4 nitrogen and oxygen atoms in total. The first-order valence-electron chi connectivity index (χ1n) is 6.82. The summed E-state index contributed by atoms with van der Waals surface area (Å²) in [5, 5.41) is 4.30. The van der Waals surface area contributed by atoms with Crippen LogP contribution in [0.15, 0.2) is 6.33 Å². The van der Waals surface area contributed by atoms with Gasteiger partial charge in [0.15, 0.2) is 0 Å². The van der Waals surface area contributed by atoms with Crippen molar-refractivity contribution in [2.45, 2.75) is 63.0 Å². The average molecular weight is 315 g/mol. The minimum absolute atomic E-state index is 0.377. The van der Waals surface area contributed by atoms with E-state index in [0.29, 0.717) is 16.9 Å². The normalized spacial score (nSPS) is 25.0. The molecule has 1 aromatic heterocycles. The van der Waals surface area contributed by atoms with Crippen LogP contribution in [-0.4, -0.2) is 37.6 Å². The molecule has 2 atom stereocenters. The van der Waals surface area contributed by atoms with Crippen LogP contribution in [0.4, 0.5) is 0 Å². The Morgan fingerprint density at radius 1 is 1.44 bits per heavy atom. The Labute approximate surface area is 118 Å². The second-order valence-electron chi connectivity index (χ2n) is 5.50. The van der Waals surface area contributed by atoms with Crippen LogP contribution in [0.1, 0.15) is 51.4 Å². The summed E-state index contributed by atoms with van der Waals surface area (Å²) < 4.78 is 2.02. The lowest BCUT2D eigenvalue weighted by molar-refractivity contribution is 0.185. The number of alkyl halides is 1. The maximum atomic E-state index is 4.39. The molecule has 0 radical (unpaired) electrons. The van der Waals surface area contributed by atoms with Crippen molar-refractivity contribution < 1.29 is 0 Å². The van der Waals surface area contributed by atoms with Crippen LogP contribution < -0.4 is 0 Å². The highest BCUT2D eigenvalue weighted by Gasteiger charge is 2.27.